The fourth-order valence-electron chi connectivity index (χ4n) is 1.90. The summed E-state index contributed by atoms with van der Waals surface area (Å²) in [7, 11) is -1.36. The number of aromatic nitrogens is 1. The molecule has 0 atom stereocenters. The molecule has 0 radical (unpaired) electrons. The maximum atomic E-state index is 12.3. The zero-order chi connectivity index (χ0) is 15.3. The maximum Gasteiger partial charge on any atom is 0.179 e. The Kier molecular flexibility index (Phi) is 5.46. The molecule has 0 saturated carbocycles. The van der Waals surface area contributed by atoms with Gasteiger partial charge >= 0.3 is 0 Å². The van der Waals surface area contributed by atoms with Gasteiger partial charge < -0.3 is 5.73 Å². The van der Waals surface area contributed by atoms with E-state index in [0.717, 1.165) is 11.3 Å². The molecule has 1 aromatic heterocycles. The highest BCUT2D eigenvalue weighted by molar-refractivity contribution is 7.91. The van der Waals surface area contributed by atoms with E-state index >= 15 is 0 Å². The highest BCUT2D eigenvalue weighted by atomic mass is 32.2. The van der Waals surface area contributed by atoms with E-state index in [4.69, 9.17) is 5.73 Å². The van der Waals surface area contributed by atoms with Crippen molar-refractivity contribution >= 4 is 21.2 Å². The third kappa shape index (κ3) is 4.60. The molecule has 2 aromatic rings. The third-order valence-electron chi connectivity index (χ3n) is 3.18. The molecule has 7 heteroatoms. The van der Waals surface area contributed by atoms with Crippen molar-refractivity contribution < 1.29 is 8.42 Å². The van der Waals surface area contributed by atoms with Crippen molar-refractivity contribution in [3.8, 4) is 0 Å². The Hall–Kier alpha value is -1.28. The van der Waals surface area contributed by atoms with Gasteiger partial charge in [-0.3, -0.25) is 4.90 Å². The second kappa shape index (κ2) is 7.13. The Morgan fingerprint density at radius 2 is 2.00 bits per heavy atom. The first-order chi connectivity index (χ1) is 10.0. The number of benzene rings is 1. The monoisotopic (exact) mass is 325 g/mol. The predicted octanol–water partition coefficient (Wildman–Crippen LogP) is 1.51. The zero-order valence-electron chi connectivity index (χ0n) is 11.9. The van der Waals surface area contributed by atoms with E-state index in [0.29, 0.717) is 24.5 Å². The summed E-state index contributed by atoms with van der Waals surface area (Å²) in [6.07, 6.45) is 0. The molecule has 21 heavy (non-hydrogen) atoms. The number of hydrogen-bond acceptors (Lipinski definition) is 6. The molecule has 0 aliphatic rings. The van der Waals surface area contributed by atoms with Crippen LogP contribution in [0, 0.1) is 0 Å². The molecule has 2 N–H and O–H groups in total. The Balaban J connectivity index is 1.93. The van der Waals surface area contributed by atoms with Gasteiger partial charge in [0.1, 0.15) is 0 Å². The van der Waals surface area contributed by atoms with Gasteiger partial charge in [-0.1, -0.05) is 12.1 Å². The van der Waals surface area contributed by atoms with Crippen LogP contribution in [0.25, 0.3) is 0 Å². The maximum absolute atomic E-state index is 12.3. The zero-order valence-corrected chi connectivity index (χ0v) is 13.5. The van der Waals surface area contributed by atoms with E-state index in [2.05, 4.69) is 4.98 Å². The van der Waals surface area contributed by atoms with Gasteiger partial charge in [-0.2, -0.15) is 0 Å². The number of sulfone groups is 1. The average Bonchev–Trinajstić information content (AvgIpc) is 2.98. The standard InChI is InChI=1S/C14H19N3O2S2/c1-17(9-13-10-20-11-16-13)6-7-21(18,19)14-4-2-12(8-15)3-5-14/h2-5,10-11H,6-9,15H2,1H3. The van der Waals surface area contributed by atoms with Crippen molar-refractivity contribution in [1.29, 1.82) is 0 Å². The number of rotatable bonds is 7. The van der Waals surface area contributed by atoms with Gasteiger partial charge in [-0.15, -0.1) is 11.3 Å². The van der Waals surface area contributed by atoms with E-state index in [1.165, 1.54) is 11.3 Å². The molecule has 2 rings (SSSR count). The SMILES string of the molecule is CN(CCS(=O)(=O)c1ccc(CN)cc1)Cc1cscn1. The van der Waals surface area contributed by atoms with Crippen molar-refractivity contribution in [3.05, 3.63) is 46.4 Å². The smallest absolute Gasteiger partial charge is 0.179 e. The van der Waals surface area contributed by atoms with Crippen LogP contribution in [0.2, 0.25) is 0 Å². The van der Waals surface area contributed by atoms with Gasteiger partial charge in [-0.05, 0) is 24.7 Å². The second-order valence-corrected chi connectivity index (χ2v) is 7.71. The van der Waals surface area contributed by atoms with Crippen molar-refractivity contribution in [2.75, 3.05) is 19.3 Å². The first kappa shape index (κ1) is 16.1. The summed E-state index contributed by atoms with van der Waals surface area (Å²) in [5.41, 5.74) is 9.18. The molecule has 0 saturated heterocycles. The van der Waals surface area contributed by atoms with Crippen LogP contribution < -0.4 is 5.73 Å². The van der Waals surface area contributed by atoms with E-state index in [9.17, 15) is 8.42 Å². The molecular weight excluding hydrogens is 306 g/mol. The van der Waals surface area contributed by atoms with E-state index < -0.39 is 9.84 Å². The molecule has 0 spiro atoms. The topological polar surface area (TPSA) is 76.3 Å². The summed E-state index contributed by atoms with van der Waals surface area (Å²) >= 11 is 1.54. The molecule has 0 bridgehead atoms. The normalized spacial score (nSPS) is 12.0. The van der Waals surface area contributed by atoms with Crippen molar-refractivity contribution in [2.45, 2.75) is 18.0 Å². The van der Waals surface area contributed by atoms with Crippen molar-refractivity contribution in [1.82, 2.24) is 9.88 Å². The molecular formula is C14H19N3O2S2. The Labute approximate surface area is 129 Å². The van der Waals surface area contributed by atoms with Gasteiger partial charge in [0.2, 0.25) is 0 Å². The molecule has 0 unspecified atom stereocenters. The van der Waals surface area contributed by atoms with Crippen LogP contribution in [0.4, 0.5) is 0 Å². The Bertz CT molecular complexity index is 652. The minimum absolute atomic E-state index is 0.0929. The lowest BCUT2D eigenvalue weighted by Gasteiger charge is -2.15. The molecule has 0 aliphatic carbocycles. The fourth-order valence-corrected chi connectivity index (χ4v) is 3.79. The molecule has 1 heterocycles. The minimum atomic E-state index is -3.26. The quantitative estimate of drug-likeness (QED) is 0.835. The van der Waals surface area contributed by atoms with Crippen LogP contribution in [0.15, 0.2) is 40.1 Å². The van der Waals surface area contributed by atoms with Crippen LogP contribution >= 0.6 is 11.3 Å². The number of hydrogen-bond donors (Lipinski definition) is 1. The molecule has 5 nitrogen and oxygen atoms in total. The minimum Gasteiger partial charge on any atom is -0.326 e. The van der Waals surface area contributed by atoms with Gasteiger partial charge in [0.25, 0.3) is 0 Å². The number of thiazole rings is 1. The lowest BCUT2D eigenvalue weighted by Crippen LogP contribution is -2.25. The molecule has 114 valence electrons. The van der Waals surface area contributed by atoms with Gasteiger partial charge in [0.05, 0.1) is 21.9 Å². The van der Waals surface area contributed by atoms with Crippen LogP contribution in [-0.2, 0) is 22.9 Å². The van der Waals surface area contributed by atoms with Crippen molar-refractivity contribution in [2.24, 2.45) is 5.73 Å². The predicted molar refractivity (Wildman–Crippen MR) is 84.8 cm³/mol. The Morgan fingerprint density at radius 1 is 1.29 bits per heavy atom. The van der Waals surface area contributed by atoms with Gasteiger partial charge in [0, 0.05) is 25.0 Å². The van der Waals surface area contributed by atoms with Gasteiger partial charge in [-0.25, -0.2) is 13.4 Å². The number of nitrogens with two attached hydrogens (primary N) is 1. The van der Waals surface area contributed by atoms with Crippen LogP contribution in [0.3, 0.4) is 0 Å². The summed E-state index contributed by atoms with van der Waals surface area (Å²) < 4.78 is 24.5. The number of nitrogens with zero attached hydrogens (tertiary/aromatic N) is 2. The Morgan fingerprint density at radius 3 is 2.57 bits per heavy atom. The molecule has 0 fully saturated rings. The first-order valence-corrected chi connectivity index (χ1v) is 9.18. The third-order valence-corrected chi connectivity index (χ3v) is 5.52. The van der Waals surface area contributed by atoms with Crippen molar-refractivity contribution in [3.63, 3.8) is 0 Å². The summed E-state index contributed by atoms with van der Waals surface area (Å²) in [5, 5.41) is 1.97. The molecule has 0 aliphatic heterocycles. The highest BCUT2D eigenvalue weighted by Crippen LogP contribution is 2.13. The van der Waals surface area contributed by atoms with E-state index in [-0.39, 0.29) is 5.75 Å². The fraction of sp³-hybridized carbons (Fsp3) is 0.357. The highest BCUT2D eigenvalue weighted by Gasteiger charge is 2.15. The van der Waals surface area contributed by atoms with Crippen LogP contribution in [0.5, 0.6) is 0 Å². The largest absolute Gasteiger partial charge is 0.326 e. The summed E-state index contributed by atoms with van der Waals surface area (Å²) in [4.78, 5) is 6.50. The summed E-state index contributed by atoms with van der Waals surface area (Å²) in [5.74, 6) is 0.0929. The lowest BCUT2D eigenvalue weighted by molar-refractivity contribution is 0.342. The first-order valence-electron chi connectivity index (χ1n) is 6.58. The lowest BCUT2D eigenvalue weighted by atomic mass is 10.2. The molecule has 0 amide bonds. The summed E-state index contributed by atoms with van der Waals surface area (Å²) in [6, 6.07) is 6.76. The van der Waals surface area contributed by atoms with Crippen LogP contribution in [0.1, 0.15) is 11.3 Å². The second-order valence-electron chi connectivity index (χ2n) is 4.88. The van der Waals surface area contributed by atoms with E-state index in [1.54, 1.807) is 29.8 Å². The summed E-state index contributed by atoms with van der Waals surface area (Å²) in [6.45, 7) is 1.54. The van der Waals surface area contributed by atoms with Crippen LogP contribution in [-0.4, -0.2) is 37.6 Å². The van der Waals surface area contributed by atoms with Gasteiger partial charge in [0.15, 0.2) is 9.84 Å². The molecule has 1 aromatic carbocycles. The van der Waals surface area contributed by atoms with E-state index in [1.807, 2.05) is 17.3 Å². The average molecular weight is 325 g/mol.